The fourth-order valence-electron chi connectivity index (χ4n) is 3.09. The van der Waals surface area contributed by atoms with Crippen LogP contribution in [-0.2, 0) is 9.59 Å². The van der Waals surface area contributed by atoms with E-state index in [0.717, 1.165) is 5.56 Å². The van der Waals surface area contributed by atoms with Gasteiger partial charge < -0.3 is 15.4 Å². The van der Waals surface area contributed by atoms with Crippen LogP contribution in [0.15, 0.2) is 48.5 Å². The minimum atomic E-state index is -0.818. The molecule has 0 saturated heterocycles. The Hall–Kier alpha value is -3.03. The van der Waals surface area contributed by atoms with Crippen LogP contribution in [0, 0.1) is 0 Å². The van der Waals surface area contributed by atoms with Crippen molar-refractivity contribution in [2.75, 3.05) is 17.7 Å². The maximum Gasteiger partial charge on any atom is 0.249 e. The number of nitrogens with zero attached hydrogens (tertiary/aromatic N) is 2. The second kappa shape index (κ2) is 7.77. The number of carbonyl (C=O) groups excluding carboxylic acids is 2. The fraction of sp³-hybridized carbons (Fsp3) is 0.150. The minimum Gasteiger partial charge on any atom is -0.497 e. The first-order chi connectivity index (χ1) is 13.9. The van der Waals surface area contributed by atoms with E-state index < -0.39 is 11.9 Å². The number of fused-ring (bicyclic) bond motifs is 1. The zero-order chi connectivity index (χ0) is 20.5. The summed E-state index contributed by atoms with van der Waals surface area (Å²) in [6, 6.07) is 13.0. The number of hydrogen-bond donors (Lipinski definition) is 2. The van der Waals surface area contributed by atoms with Crippen molar-refractivity contribution < 1.29 is 14.3 Å². The van der Waals surface area contributed by atoms with Gasteiger partial charge in [0.15, 0.2) is 0 Å². The van der Waals surface area contributed by atoms with Crippen molar-refractivity contribution in [1.82, 2.24) is 9.78 Å². The molecule has 1 unspecified atom stereocenters. The number of rotatable bonds is 4. The van der Waals surface area contributed by atoms with Gasteiger partial charge in [-0.25, -0.2) is 4.68 Å². The van der Waals surface area contributed by atoms with E-state index in [-0.39, 0.29) is 12.3 Å². The SMILES string of the molecule is COc1ccc(Cl)c(NC(=O)C2CC(=O)Nc3cc(-c4ccc(Cl)cc4)nn32)c1. The normalized spacial score (nSPS) is 15.4. The molecule has 29 heavy (non-hydrogen) atoms. The number of benzene rings is 2. The number of hydrogen-bond acceptors (Lipinski definition) is 4. The topological polar surface area (TPSA) is 85.2 Å². The third kappa shape index (κ3) is 3.92. The molecule has 4 rings (SSSR count). The van der Waals surface area contributed by atoms with Gasteiger partial charge in [-0.1, -0.05) is 35.3 Å². The summed E-state index contributed by atoms with van der Waals surface area (Å²) in [5, 5.41) is 11.0. The predicted octanol–water partition coefficient (Wildman–Crippen LogP) is 4.39. The summed E-state index contributed by atoms with van der Waals surface area (Å²) in [7, 11) is 1.52. The van der Waals surface area contributed by atoms with Crippen LogP contribution in [0.3, 0.4) is 0 Å². The number of carbonyl (C=O) groups is 2. The van der Waals surface area contributed by atoms with E-state index in [1.54, 1.807) is 36.4 Å². The van der Waals surface area contributed by atoms with E-state index >= 15 is 0 Å². The van der Waals surface area contributed by atoms with E-state index in [4.69, 9.17) is 27.9 Å². The van der Waals surface area contributed by atoms with E-state index in [1.165, 1.54) is 11.8 Å². The Balaban J connectivity index is 1.65. The molecule has 0 spiro atoms. The Morgan fingerprint density at radius 2 is 1.97 bits per heavy atom. The molecular formula is C20H16Cl2N4O3. The van der Waals surface area contributed by atoms with Gasteiger partial charge in [0.2, 0.25) is 11.8 Å². The Bertz CT molecular complexity index is 1100. The van der Waals surface area contributed by atoms with Crippen LogP contribution < -0.4 is 15.4 Å². The molecule has 3 aromatic rings. The standard InChI is InChI=1S/C20H16Cl2N4O3/c1-29-13-6-7-14(22)16(8-13)23-20(28)17-10-19(27)24-18-9-15(25-26(17)18)11-2-4-12(21)5-3-11/h2-9,17H,10H2,1H3,(H,23,28)(H,24,27). The molecule has 1 aliphatic heterocycles. The van der Waals surface area contributed by atoms with E-state index in [2.05, 4.69) is 15.7 Å². The zero-order valence-corrected chi connectivity index (χ0v) is 16.8. The van der Waals surface area contributed by atoms with Crippen molar-refractivity contribution in [3.05, 3.63) is 58.6 Å². The maximum atomic E-state index is 12.9. The first-order valence-electron chi connectivity index (χ1n) is 8.74. The highest BCUT2D eigenvalue weighted by molar-refractivity contribution is 6.33. The highest BCUT2D eigenvalue weighted by Crippen LogP contribution is 2.32. The lowest BCUT2D eigenvalue weighted by Gasteiger charge is -2.24. The molecule has 1 aromatic heterocycles. The van der Waals surface area contributed by atoms with Gasteiger partial charge in [-0.2, -0.15) is 5.10 Å². The Morgan fingerprint density at radius 3 is 2.69 bits per heavy atom. The van der Waals surface area contributed by atoms with Gasteiger partial charge in [-0.05, 0) is 24.3 Å². The van der Waals surface area contributed by atoms with Crippen LogP contribution >= 0.6 is 23.2 Å². The molecule has 2 amide bonds. The summed E-state index contributed by atoms with van der Waals surface area (Å²) >= 11 is 12.1. The number of aromatic nitrogens is 2. The number of halogens is 2. The Kier molecular flexibility index (Phi) is 5.17. The lowest BCUT2D eigenvalue weighted by Crippen LogP contribution is -2.35. The van der Waals surface area contributed by atoms with Crippen LogP contribution in [0.25, 0.3) is 11.3 Å². The molecule has 2 aromatic carbocycles. The predicted molar refractivity (Wildman–Crippen MR) is 112 cm³/mol. The molecule has 0 saturated carbocycles. The van der Waals surface area contributed by atoms with Gasteiger partial charge in [0, 0.05) is 22.7 Å². The van der Waals surface area contributed by atoms with Crippen LogP contribution in [0.5, 0.6) is 5.75 Å². The Labute approximate surface area is 176 Å². The van der Waals surface area contributed by atoms with Crippen molar-refractivity contribution >= 4 is 46.5 Å². The molecule has 0 bridgehead atoms. The van der Waals surface area contributed by atoms with E-state index in [9.17, 15) is 9.59 Å². The summed E-state index contributed by atoms with van der Waals surface area (Å²) in [6.45, 7) is 0. The molecule has 1 atom stereocenters. The van der Waals surface area contributed by atoms with Gasteiger partial charge in [0.05, 0.1) is 29.9 Å². The largest absolute Gasteiger partial charge is 0.497 e. The highest BCUT2D eigenvalue weighted by atomic mass is 35.5. The van der Waals surface area contributed by atoms with Crippen molar-refractivity contribution in [3.63, 3.8) is 0 Å². The second-order valence-corrected chi connectivity index (χ2v) is 7.31. The van der Waals surface area contributed by atoms with Gasteiger partial charge in [-0.3, -0.25) is 9.59 Å². The molecule has 7 nitrogen and oxygen atoms in total. The molecule has 0 fully saturated rings. The highest BCUT2D eigenvalue weighted by Gasteiger charge is 2.32. The van der Waals surface area contributed by atoms with Crippen molar-refractivity contribution in [2.24, 2.45) is 0 Å². The maximum absolute atomic E-state index is 12.9. The summed E-state index contributed by atoms with van der Waals surface area (Å²) < 4.78 is 6.68. The number of amides is 2. The lowest BCUT2D eigenvalue weighted by molar-refractivity contribution is -0.125. The summed E-state index contributed by atoms with van der Waals surface area (Å²) in [5.41, 5.74) is 1.84. The number of anilines is 2. The fourth-order valence-corrected chi connectivity index (χ4v) is 3.38. The summed E-state index contributed by atoms with van der Waals surface area (Å²) in [4.78, 5) is 25.1. The first-order valence-corrected chi connectivity index (χ1v) is 9.50. The first kappa shape index (κ1) is 19.3. The van der Waals surface area contributed by atoms with Crippen LogP contribution in [-0.4, -0.2) is 28.7 Å². The molecule has 0 radical (unpaired) electrons. The van der Waals surface area contributed by atoms with Crippen molar-refractivity contribution in [1.29, 1.82) is 0 Å². The number of methoxy groups -OCH3 is 1. The molecule has 1 aliphatic rings. The number of ether oxygens (including phenoxy) is 1. The van der Waals surface area contributed by atoms with Crippen LogP contribution in [0.1, 0.15) is 12.5 Å². The molecule has 2 heterocycles. The average molecular weight is 431 g/mol. The quantitative estimate of drug-likeness (QED) is 0.642. The van der Waals surface area contributed by atoms with E-state index in [1.807, 2.05) is 12.1 Å². The van der Waals surface area contributed by atoms with Crippen molar-refractivity contribution in [3.8, 4) is 17.0 Å². The monoisotopic (exact) mass is 430 g/mol. The van der Waals surface area contributed by atoms with Crippen LogP contribution in [0.2, 0.25) is 10.0 Å². The average Bonchev–Trinajstić information content (AvgIpc) is 3.13. The van der Waals surface area contributed by atoms with Crippen molar-refractivity contribution in [2.45, 2.75) is 12.5 Å². The van der Waals surface area contributed by atoms with Crippen LogP contribution in [0.4, 0.5) is 11.5 Å². The molecule has 148 valence electrons. The molecular weight excluding hydrogens is 415 g/mol. The molecule has 2 N–H and O–H groups in total. The summed E-state index contributed by atoms with van der Waals surface area (Å²) in [6.07, 6.45) is -0.0395. The van der Waals surface area contributed by atoms with E-state index in [0.29, 0.717) is 33.0 Å². The van der Waals surface area contributed by atoms with Gasteiger partial charge >= 0.3 is 0 Å². The zero-order valence-electron chi connectivity index (χ0n) is 15.3. The Morgan fingerprint density at radius 1 is 1.21 bits per heavy atom. The minimum absolute atomic E-state index is 0.0395. The summed E-state index contributed by atoms with van der Waals surface area (Å²) in [5.74, 6) is 0.331. The van der Waals surface area contributed by atoms with Gasteiger partial charge in [0.25, 0.3) is 0 Å². The molecule has 9 heteroatoms. The third-order valence-corrected chi connectivity index (χ3v) is 5.13. The molecule has 0 aliphatic carbocycles. The number of nitrogens with one attached hydrogen (secondary N) is 2. The van der Waals surface area contributed by atoms with Gasteiger partial charge in [-0.15, -0.1) is 0 Å². The smallest absolute Gasteiger partial charge is 0.249 e. The van der Waals surface area contributed by atoms with Gasteiger partial charge in [0.1, 0.15) is 17.6 Å². The lowest BCUT2D eigenvalue weighted by atomic mass is 10.1. The second-order valence-electron chi connectivity index (χ2n) is 6.47. The third-order valence-electron chi connectivity index (χ3n) is 4.55.